The zero-order valence-corrected chi connectivity index (χ0v) is 15.9. The summed E-state index contributed by atoms with van der Waals surface area (Å²) in [7, 11) is 3.92. The lowest BCUT2D eigenvalue weighted by Crippen LogP contribution is -2.20. The Morgan fingerprint density at radius 3 is 2.12 bits per heavy atom. The van der Waals surface area contributed by atoms with Crippen molar-refractivity contribution in [1.82, 2.24) is 0 Å². The lowest BCUT2D eigenvalue weighted by Gasteiger charge is -2.24. The number of rotatable bonds is 6. The first-order valence-corrected chi connectivity index (χ1v) is 8.74. The first-order chi connectivity index (χ1) is 12.1. The quantitative estimate of drug-likeness (QED) is 0.611. The predicted molar refractivity (Wildman–Crippen MR) is 100 cm³/mol. The maximum absolute atomic E-state index is 13.0. The summed E-state index contributed by atoms with van der Waals surface area (Å²) in [6.07, 6.45) is -4.23. The van der Waals surface area contributed by atoms with Crippen molar-refractivity contribution in [3.05, 3.63) is 59.2 Å². The van der Waals surface area contributed by atoms with Gasteiger partial charge in [0.2, 0.25) is 0 Å². The van der Waals surface area contributed by atoms with Gasteiger partial charge in [0.25, 0.3) is 0 Å². The smallest absolute Gasteiger partial charge is 0.405 e. The second-order valence-electron chi connectivity index (χ2n) is 7.10. The Morgan fingerprint density at radius 2 is 1.54 bits per heavy atom. The largest absolute Gasteiger partial charge is 0.573 e. The van der Waals surface area contributed by atoms with Crippen molar-refractivity contribution in [2.24, 2.45) is 0 Å². The Balaban J connectivity index is 2.42. The fourth-order valence-electron chi connectivity index (χ4n) is 3.21. The van der Waals surface area contributed by atoms with E-state index in [9.17, 15) is 13.2 Å². The van der Waals surface area contributed by atoms with Gasteiger partial charge in [-0.2, -0.15) is 0 Å². The Kier molecular flexibility index (Phi) is 6.21. The standard InChI is InChI=1S/C21H26F3NO/c1-14(2)17-11-8-9-16(20(17)26-21(22,23)24)13-15(3)18-10-6-7-12-19(18)25(4)5/h6-12,14-15H,13H2,1-5H3. The van der Waals surface area contributed by atoms with Gasteiger partial charge in [-0.15, -0.1) is 13.2 Å². The van der Waals surface area contributed by atoms with Crippen LogP contribution in [0.25, 0.3) is 0 Å². The molecule has 0 aromatic heterocycles. The molecule has 0 bridgehead atoms. The van der Waals surface area contributed by atoms with Gasteiger partial charge in [-0.3, -0.25) is 0 Å². The molecule has 0 N–H and O–H groups in total. The van der Waals surface area contributed by atoms with Gasteiger partial charge < -0.3 is 9.64 Å². The highest BCUT2D eigenvalue weighted by molar-refractivity contribution is 5.54. The van der Waals surface area contributed by atoms with Crippen molar-refractivity contribution in [2.75, 3.05) is 19.0 Å². The van der Waals surface area contributed by atoms with E-state index < -0.39 is 6.36 Å². The lowest BCUT2D eigenvalue weighted by atomic mass is 9.89. The Labute approximate surface area is 153 Å². The number of anilines is 1. The third-order valence-corrected chi connectivity index (χ3v) is 4.44. The third kappa shape index (κ3) is 4.93. The van der Waals surface area contributed by atoms with E-state index in [0.29, 0.717) is 17.5 Å². The summed E-state index contributed by atoms with van der Waals surface area (Å²) >= 11 is 0. The first-order valence-electron chi connectivity index (χ1n) is 8.74. The second-order valence-corrected chi connectivity index (χ2v) is 7.10. The number of para-hydroxylation sites is 2. The monoisotopic (exact) mass is 365 g/mol. The zero-order valence-electron chi connectivity index (χ0n) is 15.9. The van der Waals surface area contributed by atoms with E-state index in [2.05, 4.69) is 4.74 Å². The van der Waals surface area contributed by atoms with Crippen LogP contribution in [0, 0.1) is 0 Å². The molecule has 26 heavy (non-hydrogen) atoms. The molecule has 2 aromatic carbocycles. The van der Waals surface area contributed by atoms with Crippen LogP contribution in [0.1, 0.15) is 49.3 Å². The molecule has 0 aliphatic heterocycles. The van der Waals surface area contributed by atoms with Crippen LogP contribution in [0.3, 0.4) is 0 Å². The first kappa shape index (κ1) is 20.1. The molecular weight excluding hydrogens is 339 g/mol. The van der Waals surface area contributed by atoms with Crippen LogP contribution in [0.5, 0.6) is 5.75 Å². The van der Waals surface area contributed by atoms with Gasteiger partial charge in [0.05, 0.1) is 0 Å². The van der Waals surface area contributed by atoms with E-state index in [4.69, 9.17) is 0 Å². The molecule has 0 heterocycles. The maximum atomic E-state index is 13.0. The minimum absolute atomic E-state index is 0.0478. The van der Waals surface area contributed by atoms with Crippen molar-refractivity contribution in [2.45, 2.75) is 45.4 Å². The minimum atomic E-state index is -4.70. The predicted octanol–water partition coefficient (Wildman–Crippen LogP) is 6.12. The SMILES string of the molecule is CC(C)c1cccc(CC(C)c2ccccc2N(C)C)c1OC(F)(F)F. The molecule has 0 radical (unpaired) electrons. The van der Waals surface area contributed by atoms with Gasteiger partial charge in [0.15, 0.2) is 0 Å². The molecule has 0 aliphatic rings. The number of halogens is 3. The van der Waals surface area contributed by atoms with Gasteiger partial charge in [-0.25, -0.2) is 0 Å². The molecular formula is C21H26F3NO. The van der Waals surface area contributed by atoms with Crippen LogP contribution in [0.2, 0.25) is 0 Å². The molecule has 142 valence electrons. The van der Waals surface area contributed by atoms with Crippen molar-refractivity contribution in [3.8, 4) is 5.75 Å². The van der Waals surface area contributed by atoms with Gasteiger partial charge >= 0.3 is 6.36 Å². The number of hydrogen-bond donors (Lipinski definition) is 0. The molecule has 0 aliphatic carbocycles. The normalized spacial score (nSPS) is 13.0. The van der Waals surface area contributed by atoms with E-state index in [-0.39, 0.29) is 17.6 Å². The molecule has 0 spiro atoms. The molecule has 1 atom stereocenters. The van der Waals surface area contributed by atoms with E-state index in [1.54, 1.807) is 18.2 Å². The lowest BCUT2D eigenvalue weighted by molar-refractivity contribution is -0.275. The van der Waals surface area contributed by atoms with Crippen LogP contribution < -0.4 is 9.64 Å². The summed E-state index contributed by atoms with van der Waals surface area (Å²) in [6, 6.07) is 13.2. The third-order valence-electron chi connectivity index (χ3n) is 4.44. The summed E-state index contributed by atoms with van der Waals surface area (Å²) in [6.45, 7) is 5.77. The topological polar surface area (TPSA) is 12.5 Å². The Morgan fingerprint density at radius 1 is 0.923 bits per heavy atom. The van der Waals surface area contributed by atoms with Gasteiger partial charge in [-0.05, 0) is 41.0 Å². The van der Waals surface area contributed by atoms with Crippen LogP contribution >= 0.6 is 0 Å². The summed E-state index contributed by atoms with van der Waals surface area (Å²) in [5.74, 6) is -0.0625. The average molecular weight is 365 g/mol. The number of hydrogen-bond acceptors (Lipinski definition) is 2. The van der Waals surface area contributed by atoms with Crippen molar-refractivity contribution < 1.29 is 17.9 Å². The molecule has 5 heteroatoms. The van der Waals surface area contributed by atoms with E-state index in [1.807, 2.05) is 64.0 Å². The zero-order chi connectivity index (χ0) is 19.5. The molecule has 0 saturated heterocycles. The van der Waals surface area contributed by atoms with Crippen molar-refractivity contribution in [1.29, 1.82) is 0 Å². The van der Waals surface area contributed by atoms with Crippen molar-refractivity contribution >= 4 is 5.69 Å². The van der Waals surface area contributed by atoms with Crippen LogP contribution in [-0.2, 0) is 6.42 Å². The van der Waals surface area contributed by atoms with Crippen LogP contribution in [-0.4, -0.2) is 20.5 Å². The molecule has 2 nitrogen and oxygen atoms in total. The molecule has 2 rings (SSSR count). The number of alkyl halides is 3. The Bertz CT molecular complexity index is 738. The van der Waals surface area contributed by atoms with Crippen molar-refractivity contribution in [3.63, 3.8) is 0 Å². The molecule has 2 aromatic rings. The molecule has 0 saturated carbocycles. The number of nitrogens with zero attached hydrogens (tertiary/aromatic N) is 1. The Hall–Kier alpha value is -2.17. The summed E-state index contributed by atoms with van der Waals surface area (Å²) in [4.78, 5) is 2.02. The number of benzene rings is 2. The maximum Gasteiger partial charge on any atom is 0.573 e. The molecule has 0 fully saturated rings. The second kappa shape index (κ2) is 8.02. The summed E-state index contributed by atoms with van der Waals surface area (Å²) in [5.41, 5.74) is 3.33. The fourth-order valence-corrected chi connectivity index (χ4v) is 3.21. The highest BCUT2D eigenvalue weighted by Gasteiger charge is 2.33. The van der Waals surface area contributed by atoms with E-state index in [1.165, 1.54) is 0 Å². The van der Waals surface area contributed by atoms with Crippen LogP contribution in [0.15, 0.2) is 42.5 Å². The van der Waals surface area contributed by atoms with E-state index >= 15 is 0 Å². The molecule has 1 unspecified atom stereocenters. The summed E-state index contributed by atoms with van der Waals surface area (Å²) < 4.78 is 43.3. The highest BCUT2D eigenvalue weighted by atomic mass is 19.4. The van der Waals surface area contributed by atoms with Crippen LogP contribution in [0.4, 0.5) is 18.9 Å². The van der Waals surface area contributed by atoms with E-state index in [0.717, 1.165) is 11.3 Å². The minimum Gasteiger partial charge on any atom is -0.405 e. The van der Waals surface area contributed by atoms with Gasteiger partial charge in [0.1, 0.15) is 5.75 Å². The number of ether oxygens (including phenoxy) is 1. The van der Waals surface area contributed by atoms with Gasteiger partial charge in [0, 0.05) is 19.8 Å². The average Bonchev–Trinajstić information content (AvgIpc) is 2.54. The highest BCUT2D eigenvalue weighted by Crippen LogP contribution is 2.38. The fraction of sp³-hybridized carbons (Fsp3) is 0.429. The molecule has 0 amide bonds. The summed E-state index contributed by atoms with van der Waals surface area (Å²) in [5, 5.41) is 0. The van der Waals surface area contributed by atoms with Gasteiger partial charge in [-0.1, -0.05) is 57.2 Å².